The molecule has 1 fully saturated rings. The highest BCUT2D eigenvalue weighted by Crippen LogP contribution is 2.49. The largest absolute Gasteiger partial charge is 0.465 e. The number of aromatic nitrogens is 4. The number of carbonyl (C=O) groups excluding carboxylic acids is 2. The zero-order valence-corrected chi connectivity index (χ0v) is 37.7. The first-order chi connectivity index (χ1) is 30.6. The Kier molecular flexibility index (Phi) is 19.8. The number of esters is 2. The summed E-state index contributed by atoms with van der Waals surface area (Å²) in [6.45, 7) is 3.92. The summed E-state index contributed by atoms with van der Waals surface area (Å²) in [6, 6.07) is 16.4. The smallest absolute Gasteiger partial charge is 0.459 e. The first-order valence-electron chi connectivity index (χ1n) is 22.6. The van der Waals surface area contributed by atoms with E-state index in [2.05, 4.69) is 39.8 Å². The van der Waals surface area contributed by atoms with Crippen molar-refractivity contribution in [3.05, 3.63) is 78.6 Å². The third-order valence-electron chi connectivity index (χ3n) is 11.1. The first-order valence-corrected chi connectivity index (χ1v) is 24.1. The van der Waals surface area contributed by atoms with E-state index in [0.717, 1.165) is 56.9 Å². The van der Waals surface area contributed by atoms with Crippen LogP contribution >= 0.6 is 7.75 Å². The fourth-order valence-corrected chi connectivity index (χ4v) is 9.06. The highest BCUT2D eigenvalue weighted by Gasteiger charge is 2.53. The van der Waals surface area contributed by atoms with E-state index in [-0.39, 0.29) is 48.6 Å². The Morgan fingerprint density at radius 3 is 2.21 bits per heavy atom. The molecule has 0 radical (unpaired) electrons. The van der Waals surface area contributed by atoms with Gasteiger partial charge in [-0.15, -0.1) is 6.42 Å². The maximum Gasteiger partial charge on any atom is 0.459 e. The van der Waals surface area contributed by atoms with Crippen molar-refractivity contribution in [1.29, 1.82) is 0 Å². The van der Waals surface area contributed by atoms with Gasteiger partial charge in [-0.3, -0.25) is 18.7 Å². The lowest BCUT2D eigenvalue weighted by molar-refractivity contribution is -0.158. The van der Waals surface area contributed by atoms with Gasteiger partial charge >= 0.3 is 25.8 Å². The first kappa shape index (κ1) is 49.2. The van der Waals surface area contributed by atoms with Crippen molar-refractivity contribution in [2.24, 2.45) is 0 Å². The fourth-order valence-electron chi connectivity index (χ4n) is 7.54. The summed E-state index contributed by atoms with van der Waals surface area (Å²) in [5.74, 6) is 1.48. The fraction of sp³-hybridized carbons (Fsp3) is 0.553. The summed E-state index contributed by atoms with van der Waals surface area (Å²) in [4.78, 5) is 39.0. The number of ether oxygens (including phenoxy) is 3. The van der Waals surface area contributed by atoms with E-state index in [0.29, 0.717) is 12.8 Å². The molecule has 3 N–H and O–H groups in total. The average molecular weight is 891 g/mol. The van der Waals surface area contributed by atoms with E-state index in [1.54, 1.807) is 30.3 Å². The van der Waals surface area contributed by atoms with Gasteiger partial charge < -0.3 is 24.5 Å². The zero-order valence-electron chi connectivity index (χ0n) is 36.8. The SMILES string of the molecule is C#C[C@]1(COP(=O)(N[C@@H](Cc2ccccc2)C(=O)OCCCCCCCCCC)Oc2ccccc2)O[C@@H](n2cnc3c(N)nc(F)nc32)C[C@@H]1OC(=O)CCCCCCCCC. The molecule has 4 aromatic rings. The van der Waals surface area contributed by atoms with E-state index in [1.807, 2.05) is 30.3 Å². The van der Waals surface area contributed by atoms with Gasteiger partial charge in [0.1, 0.15) is 30.7 Å². The van der Waals surface area contributed by atoms with Gasteiger partial charge in [-0.25, -0.2) is 9.55 Å². The molecular formula is C47H64FN6O8P. The van der Waals surface area contributed by atoms with Crippen LogP contribution in [0.2, 0.25) is 0 Å². The van der Waals surface area contributed by atoms with Gasteiger partial charge in [0.05, 0.1) is 12.9 Å². The number of carbonyl (C=O) groups is 2. The molecule has 0 bridgehead atoms. The number of terminal acetylenes is 1. The van der Waals surface area contributed by atoms with Crippen molar-refractivity contribution in [1.82, 2.24) is 24.6 Å². The van der Waals surface area contributed by atoms with Crippen LogP contribution in [0.4, 0.5) is 10.2 Å². The molecule has 1 aliphatic rings. The highest BCUT2D eigenvalue weighted by molar-refractivity contribution is 7.52. The molecule has 2 aromatic carbocycles. The maximum absolute atomic E-state index is 15.1. The van der Waals surface area contributed by atoms with Crippen molar-refractivity contribution in [2.45, 2.75) is 153 Å². The summed E-state index contributed by atoms with van der Waals surface area (Å²) >= 11 is 0. The van der Waals surface area contributed by atoms with E-state index in [4.69, 9.17) is 35.4 Å². The van der Waals surface area contributed by atoms with Crippen molar-refractivity contribution >= 4 is 36.7 Å². The summed E-state index contributed by atoms with van der Waals surface area (Å²) in [5, 5.41) is 2.87. The Hall–Kier alpha value is -4.87. The van der Waals surface area contributed by atoms with Gasteiger partial charge in [0.25, 0.3) is 0 Å². The quantitative estimate of drug-likeness (QED) is 0.0173. The molecule has 2 aromatic heterocycles. The topological polar surface area (TPSA) is 179 Å². The van der Waals surface area contributed by atoms with Gasteiger partial charge in [0.2, 0.25) is 0 Å². The number of nitrogen functional groups attached to an aromatic ring is 1. The van der Waals surface area contributed by atoms with Gasteiger partial charge in [-0.05, 0) is 37.0 Å². The molecule has 0 aliphatic carbocycles. The number of nitrogens with zero attached hydrogens (tertiary/aromatic N) is 4. The minimum absolute atomic E-state index is 0.0286. The number of fused-ring (bicyclic) bond motifs is 1. The van der Waals surface area contributed by atoms with Crippen LogP contribution < -0.4 is 15.3 Å². The van der Waals surface area contributed by atoms with Crippen molar-refractivity contribution in [3.8, 4) is 18.1 Å². The molecule has 14 nitrogen and oxygen atoms in total. The lowest BCUT2D eigenvalue weighted by Gasteiger charge is -2.31. The molecule has 0 spiro atoms. The maximum atomic E-state index is 15.1. The molecule has 63 heavy (non-hydrogen) atoms. The van der Waals surface area contributed by atoms with Crippen LogP contribution in [-0.4, -0.2) is 62.4 Å². The Balaban J connectivity index is 1.38. The van der Waals surface area contributed by atoms with Gasteiger partial charge in [0.15, 0.2) is 22.6 Å². The molecule has 16 heteroatoms. The Morgan fingerprint density at radius 1 is 0.937 bits per heavy atom. The molecular weight excluding hydrogens is 827 g/mol. The number of halogens is 1. The molecule has 1 aliphatic heterocycles. The summed E-state index contributed by atoms with van der Waals surface area (Å²) in [7, 11) is -4.56. The number of unbranched alkanes of at least 4 members (excludes halogenated alkanes) is 13. The van der Waals surface area contributed by atoms with Crippen LogP contribution in [0.3, 0.4) is 0 Å². The Bertz CT molecular complexity index is 2100. The molecule has 5 rings (SSSR count). The standard InChI is InChI=1S/C47H64FN6O8P/c1-4-7-9-11-13-15-17-25-31-58-45(56)38(32-36-26-20-18-21-27-36)53-63(57,62-37-28-22-19-23-29-37)59-34-47(6-3)39(60-41(55)30-24-16-14-12-10-8-5-2)33-40(61-47)54-35-50-42-43(49)51-46(48)52-44(42)54/h3,18-23,26-29,35,38-40H,4-5,7-17,24-25,30-34H2,1-2H3,(H,53,57)(H2,49,51,52)/t38-,39-,40+,47+,63?/m0/s1. The van der Waals surface area contributed by atoms with Crippen molar-refractivity contribution in [3.63, 3.8) is 0 Å². The third kappa shape index (κ3) is 15.1. The predicted molar refractivity (Wildman–Crippen MR) is 240 cm³/mol. The van der Waals surface area contributed by atoms with Crippen LogP contribution in [0.5, 0.6) is 5.75 Å². The lowest BCUT2D eigenvalue weighted by atomic mass is 9.98. The minimum Gasteiger partial charge on any atom is -0.465 e. The molecule has 1 saturated heterocycles. The molecule has 0 amide bonds. The van der Waals surface area contributed by atoms with E-state index < -0.39 is 56.3 Å². The average Bonchev–Trinajstić information content (AvgIpc) is 3.87. The monoisotopic (exact) mass is 890 g/mol. The predicted octanol–water partition coefficient (Wildman–Crippen LogP) is 9.98. The highest BCUT2D eigenvalue weighted by atomic mass is 31.2. The molecule has 3 heterocycles. The normalized spacial score (nSPS) is 18.7. The van der Waals surface area contributed by atoms with Gasteiger partial charge in [-0.2, -0.15) is 19.4 Å². The van der Waals surface area contributed by atoms with Gasteiger partial charge in [0, 0.05) is 12.8 Å². The zero-order chi connectivity index (χ0) is 44.9. The Labute approximate surface area is 371 Å². The number of benzene rings is 2. The number of imidazole rings is 1. The van der Waals surface area contributed by atoms with Crippen LogP contribution in [0.15, 0.2) is 67.0 Å². The summed E-state index contributed by atoms with van der Waals surface area (Å²) in [5.41, 5.74) is 5.02. The van der Waals surface area contributed by atoms with E-state index in [9.17, 15) is 14.0 Å². The minimum atomic E-state index is -4.56. The number of nitrogens with one attached hydrogen (secondary N) is 1. The third-order valence-corrected chi connectivity index (χ3v) is 12.6. The molecule has 1 unspecified atom stereocenters. The number of rotatable bonds is 29. The summed E-state index contributed by atoms with van der Waals surface area (Å²) in [6.07, 6.45) is 20.2. The number of anilines is 1. The molecule has 342 valence electrons. The van der Waals surface area contributed by atoms with Crippen LogP contribution in [0, 0.1) is 18.4 Å². The van der Waals surface area contributed by atoms with E-state index >= 15 is 4.57 Å². The van der Waals surface area contributed by atoms with Gasteiger partial charge in [-0.1, -0.05) is 152 Å². The number of hydrogen-bond acceptors (Lipinski definition) is 12. The number of hydrogen-bond donors (Lipinski definition) is 2. The molecule has 0 saturated carbocycles. The van der Waals surface area contributed by atoms with Crippen molar-refractivity contribution < 1.29 is 41.8 Å². The van der Waals surface area contributed by atoms with E-state index in [1.165, 1.54) is 43.0 Å². The second kappa shape index (κ2) is 25.4. The second-order valence-corrected chi connectivity index (χ2v) is 17.8. The van der Waals surface area contributed by atoms with Crippen LogP contribution in [0.1, 0.15) is 135 Å². The second-order valence-electron chi connectivity index (χ2n) is 16.1. The number of nitrogens with two attached hydrogens (primary N) is 1. The summed E-state index contributed by atoms with van der Waals surface area (Å²) < 4.78 is 61.5. The van der Waals surface area contributed by atoms with Crippen LogP contribution in [0.25, 0.3) is 11.2 Å². The van der Waals surface area contributed by atoms with Crippen molar-refractivity contribution in [2.75, 3.05) is 18.9 Å². The Morgan fingerprint density at radius 2 is 1.56 bits per heavy atom. The molecule has 5 atom stereocenters. The lowest BCUT2D eigenvalue weighted by Crippen LogP contribution is -2.46. The van der Waals surface area contributed by atoms with Crippen LogP contribution in [-0.2, 0) is 39.3 Å². The number of para-hydroxylation sites is 1.